The van der Waals surface area contributed by atoms with Crippen molar-refractivity contribution < 1.29 is 22.8 Å². The summed E-state index contributed by atoms with van der Waals surface area (Å²) in [6, 6.07) is 10.4. The van der Waals surface area contributed by atoms with Gasteiger partial charge in [0.15, 0.2) is 0 Å². The molecular weight excluding hydrogens is 383 g/mol. The second-order valence-electron chi connectivity index (χ2n) is 7.31. The van der Waals surface area contributed by atoms with Crippen LogP contribution in [0.3, 0.4) is 0 Å². The van der Waals surface area contributed by atoms with E-state index in [-0.39, 0.29) is 18.0 Å². The number of rotatable bonds is 3. The van der Waals surface area contributed by atoms with E-state index >= 15 is 0 Å². The van der Waals surface area contributed by atoms with E-state index in [1.54, 1.807) is 24.3 Å². The number of carbonyl (C=O) groups is 2. The second kappa shape index (κ2) is 7.42. The van der Waals surface area contributed by atoms with Crippen LogP contribution in [-0.4, -0.2) is 24.9 Å². The van der Waals surface area contributed by atoms with Crippen LogP contribution in [-0.2, 0) is 15.8 Å². The Labute approximate surface area is 165 Å². The van der Waals surface area contributed by atoms with Gasteiger partial charge in [0.1, 0.15) is 0 Å². The summed E-state index contributed by atoms with van der Waals surface area (Å²) >= 11 is 0. The zero-order valence-corrected chi connectivity index (χ0v) is 15.6. The third-order valence-corrected chi connectivity index (χ3v) is 5.34. The van der Waals surface area contributed by atoms with Gasteiger partial charge in [-0.05, 0) is 42.7 Å². The molecule has 0 spiro atoms. The lowest BCUT2D eigenvalue weighted by atomic mass is 9.89. The largest absolute Gasteiger partial charge is 0.416 e. The van der Waals surface area contributed by atoms with E-state index < -0.39 is 23.6 Å². The number of carbonyl (C=O) groups excluding carboxylic acids is 2. The molecule has 0 aromatic heterocycles. The zero-order chi connectivity index (χ0) is 20.6. The molecule has 1 unspecified atom stereocenters. The van der Waals surface area contributed by atoms with Crippen molar-refractivity contribution in [3.8, 4) is 0 Å². The third kappa shape index (κ3) is 3.92. The van der Waals surface area contributed by atoms with Crippen LogP contribution in [0.25, 0.3) is 0 Å². The van der Waals surface area contributed by atoms with E-state index in [1.807, 2.05) is 4.90 Å². The molecule has 0 radical (unpaired) electrons. The van der Waals surface area contributed by atoms with Gasteiger partial charge >= 0.3 is 6.18 Å². The lowest BCUT2D eigenvalue weighted by Crippen LogP contribution is -2.31. The first-order valence-electron chi connectivity index (χ1n) is 9.49. The van der Waals surface area contributed by atoms with E-state index in [2.05, 4.69) is 10.6 Å². The monoisotopic (exact) mass is 403 g/mol. The topological polar surface area (TPSA) is 61.4 Å². The molecular formula is C21H20F3N3O2. The Morgan fingerprint density at radius 1 is 1.10 bits per heavy atom. The van der Waals surface area contributed by atoms with E-state index in [1.165, 1.54) is 6.07 Å². The summed E-state index contributed by atoms with van der Waals surface area (Å²) in [6.45, 7) is 1.45. The number of benzene rings is 2. The van der Waals surface area contributed by atoms with Crippen molar-refractivity contribution in [2.75, 3.05) is 28.6 Å². The zero-order valence-electron chi connectivity index (χ0n) is 15.6. The molecule has 2 aliphatic rings. The normalized spacial score (nSPS) is 18.9. The Morgan fingerprint density at radius 2 is 1.83 bits per heavy atom. The number of nitrogens with zero attached hydrogens (tertiary/aromatic N) is 1. The summed E-state index contributed by atoms with van der Waals surface area (Å²) < 4.78 is 39.7. The Bertz CT molecular complexity index is 952. The maximum Gasteiger partial charge on any atom is 0.416 e. The predicted octanol–water partition coefficient (Wildman–Crippen LogP) is 4.37. The lowest BCUT2D eigenvalue weighted by Gasteiger charge is -2.27. The molecule has 8 heteroatoms. The van der Waals surface area contributed by atoms with Gasteiger partial charge in [-0.3, -0.25) is 9.59 Å². The smallest absolute Gasteiger partial charge is 0.370 e. The molecule has 2 aromatic carbocycles. The minimum absolute atomic E-state index is 0.0547. The summed E-state index contributed by atoms with van der Waals surface area (Å²) in [5.41, 5.74) is 1.07. The fourth-order valence-corrected chi connectivity index (χ4v) is 3.91. The van der Waals surface area contributed by atoms with E-state index in [0.29, 0.717) is 16.9 Å². The van der Waals surface area contributed by atoms with Crippen LogP contribution >= 0.6 is 0 Å². The van der Waals surface area contributed by atoms with Crippen LogP contribution in [0.4, 0.5) is 30.2 Å². The highest BCUT2D eigenvalue weighted by Gasteiger charge is 2.34. The summed E-state index contributed by atoms with van der Waals surface area (Å²) in [4.78, 5) is 27.0. The summed E-state index contributed by atoms with van der Waals surface area (Å²) in [5, 5.41) is 5.39. The van der Waals surface area contributed by atoms with Crippen LogP contribution in [0, 0.1) is 0 Å². The Morgan fingerprint density at radius 3 is 2.55 bits per heavy atom. The van der Waals surface area contributed by atoms with Gasteiger partial charge in [0.25, 0.3) is 0 Å². The van der Waals surface area contributed by atoms with Gasteiger partial charge in [0, 0.05) is 25.2 Å². The number of hydrogen-bond acceptors (Lipinski definition) is 3. The molecule has 1 saturated heterocycles. The molecule has 2 heterocycles. The van der Waals surface area contributed by atoms with E-state index in [9.17, 15) is 22.8 Å². The van der Waals surface area contributed by atoms with Crippen LogP contribution in [0.1, 0.15) is 36.3 Å². The molecule has 0 saturated carbocycles. The number of amides is 2. The Kier molecular flexibility index (Phi) is 4.94. The highest BCUT2D eigenvalue weighted by molar-refractivity contribution is 6.06. The number of halogens is 3. The number of alkyl halides is 3. The number of para-hydroxylation sites is 1. The molecule has 1 fully saturated rings. The fourth-order valence-electron chi connectivity index (χ4n) is 3.91. The molecule has 29 heavy (non-hydrogen) atoms. The van der Waals surface area contributed by atoms with Crippen molar-refractivity contribution >= 4 is 28.9 Å². The molecule has 0 bridgehead atoms. The van der Waals surface area contributed by atoms with Gasteiger partial charge in [0.2, 0.25) is 11.8 Å². The molecule has 1 atom stereocenters. The first-order valence-corrected chi connectivity index (χ1v) is 9.49. The first-order chi connectivity index (χ1) is 13.8. The maximum atomic E-state index is 13.2. The van der Waals surface area contributed by atoms with Gasteiger partial charge in [-0.2, -0.15) is 13.2 Å². The van der Waals surface area contributed by atoms with Crippen molar-refractivity contribution in [2.45, 2.75) is 31.4 Å². The summed E-state index contributed by atoms with van der Waals surface area (Å²) in [7, 11) is 0. The molecule has 2 N–H and O–H groups in total. The number of fused-ring (bicyclic) bond motifs is 1. The van der Waals surface area contributed by atoms with Crippen molar-refractivity contribution in [1.29, 1.82) is 0 Å². The van der Waals surface area contributed by atoms with Gasteiger partial charge in [-0.1, -0.05) is 18.2 Å². The third-order valence-electron chi connectivity index (χ3n) is 5.34. The minimum Gasteiger partial charge on any atom is -0.370 e. The fraction of sp³-hybridized carbons (Fsp3) is 0.333. The van der Waals surface area contributed by atoms with Crippen molar-refractivity contribution in [3.63, 3.8) is 0 Å². The highest BCUT2D eigenvalue weighted by atomic mass is 19.4. The molecule has 5 nitrogen and oxygen atoms in total. The highest BCUT2D eigenvalue weighted by Crippen LogP contribution is 2.38. The second-order valence-corrected chi connectivity index (χ2v) is 7.31. The van der Waals surface area contributed by atoms with Gasteiger partial charge in [-0.15, -0.1) is 0 Å². The minimum atomic E-state index is -4.51. The molecule has 0 aliphatic carbocycles. The van der Waals surface area contributed by atoms with Crippen LogP contribution < -0.4 is 15.5 Å². The predicted molar refractivity (Wildman–Crippen MR) is 104 cm³/mol. The van der Waals surface area contributed by atoms with Crippen LogP contribution in [0.15, 0.2) is 42.5 Å². The van der Waals surface area contributed by atoms with Crippen molar-refractivity contribution in [3.05, 3.63) is 53.6 Å². The van der Waals surface area contributed by atoms with E-state index in [4.69, 9.17) is 0 Å². The van der Waals surface area contributed by atoms with Crippen molar-refractivity contribution in [2.24, 2.45) is 0 Å². The van der Waals surface area contributed by atoms with E-state index in [0.717, 1.165) is 38.1 Å². The van der Waals surface area contributed by atoms with Gasteiger partial charge in [0.05, 0.1) is 22.9 Å². The standard InChI is InChI=1S/C21H20F3N3O2/c22-21(23,24)13-7-8-18(27-9-3-4-10-27)17(11-13)26-20(29)15-12-19(28)25-16-6-2-1-5-14(15)16/h1-2,5-8,11,15H,3-4,9-10,12H2,(H,25,28)(H,26,29). The Balaban J connectivity index is 1.67. The van der Waals surface area contributed by atoms with Crippen LogP contribution in [0.5, 0.6) is 0 Å². The molecule has 2 aromatic rings. The van der Waals surface area contributed by atoms with Crippen molar-refractivity contribution in [1.82, 2.24) is 0 Å². The average Bonchev–Trinajstić information content (AvgIpc) is 3.21. The molecule has 152 valence electrons. The first kappa shape index (κ1) is 19.3. The number of hydrogen-bond donors (Lipinski definition) is 2. The lowest BCUT2D eigenvalue weighted by molar-refractivity contribution is -0.137. The Hall–Kier alpha value is -3.03. The molecule has 2 aliphatic heterocycles. The molecule has 4 rings (SSSR count). The average molecular weight is 403 g/mol. The number of nitrogens with one attached hydrogen (secondary N) is 2. The number of anilines is 3. The van der Waals surface area contributed by atoms with Crippen LogP contribution in [0.2, 0.25) is 0 Å². The molecule has 2 amide bonds. The summed E-state index contributed by atoms with van der Waals surface area (Å²) in [5.74, 6) is -1.55. The van der Waals surface area contributed by atoms with Gasteiger partial charge < -0.3 is 15.5 Å². The maximum absolute atomic E-state index is 13.2. The van der Waals surface area contributed by atoms with Gasteiger partial charge in [-0.25, -0.2) is 0 Å². The summed E-state index contributed by atoms with van der Waals surface area (Å²) in [6.07, 6.45) is -2.67. The quantitative estimate of drug-likeness (QED) is 0.800. The SMILES string of the molecule is O=C1CC(C(=O)Nc2cc(C(F)(F)F)ccc2N2CCCC2)c2ccccc2N1.